The molecular weight excluding hydrogens is 276 g/mol. The fourth-order valence-electron chi connectivity index (χ4n) is 3.31. The first-order chi connectivity index (χ1) is 10.8. The van der Waals surface area contributed by atoms with Gasteiger partial charge in [0.1, 0.15) is 0 Å². The average molecular weight is 302 g/mol. The molecule has 1 N–H and O–H groups in total. The topological polar surface area (TPSA) is 43.8 Å². The van der Waals surface area contributed by atoms with Crippen molar-refractivity contribution in [2.45, 2.75) is 38.3 Å². The third-order valence-electron chi connectivity index (χ3n) is 4.72. The van der Waals surface area contributed by atoms with Crippen molar-refractivity contribution in [3.8, 4) is 0 Å². The summed E-state index contributed by atoms with van der Waals surface area (Å²) in [5.74, 6) is 0.579. The van der Waals surface area contributed by atoms with Crippen molar-refractivity contribution < 1.29 is 9.90 Å². The molecule has 1 aliphatic carbocycles. The van der Waals surface area contributed by atoms with Crippen molar-refractivity contribution >= 4 is 5.91 Å². The Hall–Kier alpha value is -1.39. The molecule has 1 saturated heterocycles. The zero-order valence-corrected chi connectivity index (χ0v) is 13.2. The Labute approximate surface area is 132 Å². The molecular formula is C18H26N2O2. The van der Waals surface area contributed by atoms with E-state index in [9.17, 15) is 9.90 Å². The van der Waals surface area contributed by atoms with E-state index in [1.165, 1.54) is 5.56 Å². The van der Waals surface area contributed by atoms with Gasteiger partial charge in [0.15, 0.2) is 0 Å². The molecule has 0 spiro atoms. The summed E-state index contributed by atoms with van der Waals surface area (Å²) in [6, 6.07) is 10.7. The summed E-state index contributed by atoms with van der Waals surface area (Å²) in [5.41, 5.74) is 1.20. The van der Waals surface area contributed by atoms with E-state index in [0.717, 1.165) is 45.3 Å². The molecule has 3 rings (SSSR count). The van der Waals surface area contributed by atoms with Crippen LogP contribution in [0.3, 0.4) is 0 Å². The highest BCUT2D eigenvalue weighted by Crippen LogP contribution is 2.29. The number of piperidine rings is 1. The standard InChI is InChI=1S/C18H26N2O2/c21-14-16-7-4-10-19(11-16)13-18(22)20(17-8-9-17)12-15-5-2-1-3-6-15/h1-3,5-6,16-17,21H,4,7-14H2/t16-/m1/s1. The molecule has 1 aromatic rings. The van der Waals surface area contributed by atoms with Gasteiger partial charge in [0.05, 0.1) is 6.54 Å². The Morgan fingerprint density at radius 1 is 1.23 bits per heavy atom. The molecule has 120 valence electrons. The lowest BCUT2D eigenvalue weighted by Gasteiger charge is -2.33. The normalized spacial score (nSPS) is 22.5. The molecule has 0 bridgehead atoms. The fourth-order valence-corrected chi connectivity index (χ4v) is 3.31. The second-order valence-corrected chi connectivity index (χ2v) is 6.66. The first-order valence-electron chi connectivity index (χ1n) is 8.43. The summed E-state index contributed by atoms with van der Waals surface area (Å²) in [6.07, 6.45) is 4.44. The predicted octanol–water partition coefficient (Wildman–Crippen LogP) is 1.88. The van der Waals surface area contributed by atoms with Gasteiger partial charge in [-0.05, 0) is 43.7 Å². The summed E-state index contributed by atoms with van der Waals surface area (Å²) >= 11 is 0. The Kier molecular flexibility index (Phi) is 5.11. The second-order valence-electron chi connectivity index (χ2n) is 6.66. The van der Waals surface area contributed by atoms with E-state index in [1.807, 2.05) is 18.2 Å². The first-order valence-corrected chi connectivity index (χ1v) is 8.43. The number of amides is 1. The minimum Gasteiger partial charge on any atom is -0.396 e. The first kappa shape index (κ1) is 15.5. The summed E-state index contributed by atoms with van der Waals surface area (Å²) in [5, 5.41) is 9.32. The molecule has 1 heterocycles. The van der Waals surface area contributed by atoms with Crippen LogP contribution in [-0.4, -0.2) is 53.1 Å². The molecule has 2 fully saturated rings. The zero-order valence-electron chi connectivity index (χ0n) is 13.2. The van der Waals surface area contributed by atoms with Crippen LogP contribution in [0.5, 0.6) is 0 Å². The molecule has 0 unspecified atom stereocenters. The van der Waals surface area contributed by atoms with Crippen LogP contribution in [0.4, 0.5) is 0 Å². The molecule has 1 aliphatic heterocycles. The molecule has 1 atom stereocenters. The van der Waals surface area contributed by atoms with Gasteiger partial charge in [0, 0.05) is 25.7 Å². The van der Waals surface area contributed by atoms with Gasteiger partial charge in [0.2, 0.25) is 5.91 Å². The SMILES string of the molecule is O=C(CN1CCC[C@@H](CO)C1)N(Cc1ccccc1)C1CC1. The molecule has 4 heteroatoms. The van der Waals surface area contributed by atoms with Crippen molar-refractivity contribution in [1.82, 2.24) is 9.80 Å². The van der Waals surface area contributed by atoms with Crippen LogP contribution in [0.25, 0.3) is 0 Å². The summed E-state index contributed by atoms with van der Waals surface area (Å²) in [4.78, 5) is 17.0. The van der Waals surface area contributed by atoms with Crippen molar-refractivity contribution in [2.75, 3.05) is 26.2 Å². The Bertz CT molecular complexity index is 487. The molecule has 4 nitrogen and oxygen atoms in total. The minimum atomic E-state index is 0.237. The predicted molar refractivity (Wildman–Crippen MR) is 86.3 cm³/mol. The maximum Gasteiger partial charge on any atom is 0.237 e. The summed E-state index contributed by atoms with van der Waals surface area (Å²) in [6.45, 7) is 3.29. The Morgan fingerprint density at radius 3 is 2.68 bits per heavy atom. The van der Waals surface area contributed by atoms with Gasteiger partial charge in [-0.15, -0.1) is 0 Å². The Balaban J connectivity index is 1.58. The molecule has 0 aromatic heterocycles. The van der Waals surface area contributed by atoms with Crippen LogP contribution in [-0.2, 0) is 11.3 Å². The van der Waals surface area contributed by atoms with E-state index in [4.69, 9.17) is 0 Å². The molecule has 1 aromatic carbocycles. The van der Waals surface area contributed by atoms with E-state index in [1.54, 1.807) is 0 Å². The lowest BCUT2D eigenvalue weighted by molar-refractivity contribution is -0.134. The third kappa shape index (κ3) is 4.08. The third-order valence-corrected chi connectivity index (χ3v) is 4.72. The highest BCUT2D eigenvalue weighted by molar-refractivity contribution is 5.79. The van der Waals surface area contributed by atoms with Crippen molar-refractivity contribution in [2.24, 2.45) is 5.92 Å². The van der Waals surface area contributed by atoms with Crippen LogP contribution in [0.1, 0.15) is 31.2 Å². The van der Waals surface area contributed by atoms with Crippen LogP contribution in [0.15, 0.2) is 30.3 Å². The number of likely N-dealkylation sites (tertiary alicyclic amines) is 1. The zero-order chi connectivity index (χ0) is 15.4. The number of aliphatic hydroxyl groups is 1. The number of rotatable bonds is 6. The van der Waals surface area contributed by atoms with E-state index >= 15 is 0 Å². The van der Waals surface area contributed by atoms with Crippen molar-refractivity contribution in [3.05, 3.63) is 35.9 Å². The molecule has 2 aliphatic rings. The lowest BCUT2D eigenvalue weighted by Crippen LogP contribution is -2.45. The van der Waals surface area contributed by atoms with Gasteiger partial charge >= 0.3 is 0 Å². The molecule has 1 saturated carbocycles. The number of carbonyl (C=O) groups excluding carboxylic acids is 1. The number of hydrogen-bond donors (Lipinski definition) is 1. The molecule has 0 radical (unpaired) electrons. The second kappa shape index (κ2) is 7.25. The summed E-state index contributed by atoms with van der Waals surface area (Å²) < 4.78 is 0. The Morgan fingerprint density at radius 2 is 2.00 bits per heavy atom. The van der Waals surface area contributed by atoms with E-state index < -0.39 is 0 Å². The maximum atomic E-state index is 12.7. The van der Waals surface area contributed by atoms with Gasteiger partial charge < -0.3 is 10.0 Å². The number of carbonyl (C=O) groups is 1. The maximum absolute atomic E-state index is 12.7. The average Bonchev–Trinajstić information content (AvgIpc) is 3.38. The van der Waals surface area contributed by atoms with E-state index in [2.05, 4.69) is 21.9 Å². The van der Waals surface area contributed by atoms with Crippen LogP contribution >= 0.6 is 0 Å². The minimum absolute atomic E-state index is 0.237. The number of hydrogen-bond acceptors (Lipinski definition) is 3. The number of nitrogens with zero attached hydrogens (tertiary/aromatic N) is 2. The smallest absolute Gasteiger partial charge is 0.237 e. The monoisotopic (exact) mass is 302 g/mol. The van der Waals surface area contributed by atoms with Crippen LogP contribution in [0, 0.1) is 5.92 Å². The molecule has 1 amide bonds. The van der Waals surface area contributed by atoms with Crippen molar-refractivity contribution in [1.29, 1.82) is 0 Å². The lowest BCUT2D eigenvalue weighted by atomic mass is 9.99. The van der Waals surface area contributed by atoms with Gasteiger partial charge in [-0.3, -0.25) is 9.69 Å². The van der Waals surface area contributed by atoms with E-state index in [0.29, 0.717) is 18.5 Å². The van der Waals surface area contributed by atoms with Gasteiger partial charge in [-0.25, -0.2) is 0 Å². The number of benzene rings is 1. The highest BCUT2D eigenvalue weighted by atomic mass is 16.3. The van der Waals surface area contributed by atoms with Gasteiger partial charge in [0.25, 0.3) is 0 Å². The van der Waals surface area contributed by atoms with E-state index in [-0.39, 0.29) is 12.5 Å². The summed E-state index contributed by atoms with van der Waals surface area (Å²) in [7, 11) is 0. The van der Waals surface area contributed by atoms with Gasteiger partial charge in [-0.1, -0.05) is 30.3 Å². The van der Waals surface area contributed by atoms with Crippen LogP contribution in [0.2, 0.25) is 0 Å². The quantitative estimate of drug-likeness (QED) is 0.872. The van der Waals surface area contributed by atoms with Crippen molar-refractivity contribution in [3.63, 3.8) is 0 Å². The van der Waals surface area contributed by atoms with Crippen LogP contribution < -0.4 is 0 Å². The highest BCUT2D eigenvalue weighted by Gasteiger charge is 2.33. The number of aliphatic hydroxyl groups excluding tert-OH is 1. The largest absolute Gasteiger partial charge is 0.396 e. The van der Waals surface area contributed by atoms with Gasteiger partial charge in [-0.2, -0.15) is 0 Å². The fraction of sp³-hybridized carbons (Fsp3) is 0.611. The molecule has 22 heavy (non-hydrogen) atoms.